The molecule has 0 spiro atoms. The van der Waals surface area contributed by atoms with Crippen LogP contribution in [0, 0.1) is 5.41 Å². The molecule has 1 heterocycles. The zero-order valence-electron chi connectivity index (χ0n) is 19.0. The number of esters is 1. The highest BCUT2D eigenvalue weighted by Gasteiger charge is 2.40. The van der Waals surface area contributed by atoms with E-state index < -0.39 is 41.2 Å². The van der Waals surface area contributed by atoms with Crippen molar-refractivity contribution in [2.75, 3.05) is 0 Å². The first kappa shape index (κ1) is 24.9. The van der Waals surface area contributed by atoms with Gasteiger partial charge in [-0.15, -0.1) is 0 Å². The van der Waals surface area contributed by atoms with Gasteiger partial charge >= 0.3 is 12.1 Å². The van der Waals surface area contributed by atoms with E-state index in [0.29, 0.717) is 5.56 Å². The molecule has 1 aliphatic carbocycles. The van der Waals surface area contributed by atoms with Gasteiger partial charge in [0.25, 0.3) is 5.91 Å². The second-order valence-corrected chi connectivity index (χ2v) is 9.99. The van der Waals surface area contributed by atoms with Gasteiger partial charge < -0.3 is 14.8 Å². The predicted octanol–water partition coefficient (Wildman–Crippen LogP) is 4.77. The summed E-state index contributed by atoms with van der Waals surface area (Å²) in [5.41, 5.74) is -1.00. The average molecular weight is 444 g/mol. The van der Waals surface area contributed by atoms with Crippen LogP contribution in [-0.4, -0.2) is 40.8 Å². The Morgan fingerprint density at radius 1 is 1.13 bits per heavy atom. The summed E-state index contributed by atoms with van der Waals surface area (Å²) in [4.78, 5) is 29.6. The van der Waals surface area contributed by atoms with Crippen LogP contribution in [0.4, 0.5) is 13.2 Å². The maximum absolute atomic E-state index is 13.0. The van der Waals surface area contributed by atoms with E-state index in [1.54, 1.807) is 41.5 Å². The Bertz CT molecular complexity index is 822. The number of hydrogen-bond acceptors (Lipinski definition) is 5. The number of aromatic nitrogens is 1. The van der Waals surface area contributed by atoms with E-state index in [-0.39, 0.29) is 17.4 Å². The van der Waals surface area contributed by atoms with Crippen molar-refractivity contribution in [2.45, 2.75) is 91.1 Å². The van der Waals surface area contributed by atoms with Gasteiger partial charge in [-0.05, 0) is 51.9 Å². The molecule has 1 N–H and O–H groups in total. The largest absolute Gasteiger partial charge is 0.481 e. The lowest BCUT2D eigenvalue weighted by atomic mass is 9.86. The third kappa shape index (κ3) is 7.11. The van der Waals surface area contributed by atoms with Crippen LogP contribution in [0.25, 0.3) is 0 Å². The minimum Gasteiger partial charge on any atom is -0.481 e. The van der Waals surface area contributed by atoms with E-state index in [1.165, 1.54) is 12.3 Å². The van der Waals surface area contributed by atoms with Crippen LogP contribution in [0.2, 0.25) is 0 Å². The van der Waals surface area contributed by atoms with E-state index in [1.807, 2.05) is 0 Å². The molecule has 1 aromatic heterocycles. The minimum absolute atomic E-state index is 0.0166. The fourth-order valence-electron chi connectivity index (χ4n) is 2.83. The third-order valence-electron chi connectivity index (χ3n) is 4.69. The molecule has 1 saturated carbocycles. The van der Waals surface area contributed by atoms with E-state index in [0.717, 1.165) is 19.8 Å². The Kier molecular flexibility index (Phi) is 6.97. The number of hydrogen-bond donors (Lipinski definition) is 1. The molecular weight excluding hydrogens is 413 g/mol. The van der Waals surface area contributed by atoms with E-state index in [4.69, 9.17) is 9.47 Å². The number of nitrogens with zero attached hydrogens (tertiary/aromatic N) is 1. The Hall–Kier alpha value is -2.32. The summed E-state index contributed by atoms with van der Waals surface area (Å²) in [7, 11) is 0. The molecule has 0 aliphatic heterocycles. The molecule has 0 radical (unpaired) electrons. The number of amides is 1. The number of pyridine rings is 1. The Labute approximate surface area is 180 Å². The molecule has 0 aromatic carbocycles. The minimum atomic E-state index is -4.54. The van der Waals surface area contributed by atoms with Gasteiger partial charge in [-0.25, -0.2) is 4.79 Å². The van der Waals surface area contributed by atoms with Crippen molar-refractivity contribution in [1.29, 1.82) is 0 Å². The summed E-state index contributed by atoms with van der Waals surface area (Å²) in [5, 5.41) is 2.62. The second kappa shape index (κ2) is 8.67. The second-order valence-electron chi connectivity index (χ2n) is 9.99. The van der Waals surface area contributed by atoms with Crippen LogP contribution in [0.1, 0.15) is 83.3 Å². The number of halogens is 3. The maximum Gasteiger partial charge on any atom is 0.425 e. The van der Waals surface area contributed by atoms with Crippen LogP contribution >= 0.6 is 0 Å². The zero-order valence-corrected chi connectivity index (χ0v) is 19.0. The summed E-state index contributed by atoms with van der Waals surface area (Å²) >= 11 is 0. The average Bonchev–Trinajstić information content (AvgIpc) is 3.40. The molecule has 2 rings (SSSR count). The summed E-state index contributed by atoms with van der Waals surface area (Å²) in [6, 6.07) is 0.225. The van der Waals surface area contributed by atoms with Crippen molar-refractivity contribution in [2.24, 2.45) is 5.41 Å². The molecule has 1 aromatic rings. The first-order valence-corrected chi connectivity index (χ1v) is 10.3. The predicted molar refractivity (Wildman–Crippen MR) is 109 cm³/mol. The Balaban J connectivity index is 2.28. The SMILES string of the molecule is C[C@H](Oc1cc(C(=O)NC(C(=O)OC(C)(C)C)C(C)(C)C)ncc1C1CC1)C(F)(F)F. The van der Waals surface area contributed by atoms with Gasteiger partial charge in [-0.1, -0.05) is 20.8 Å². The molecule has 174 valence electrons. The molecule has 2 atom stereocenters. The summed E-state index contributed by atoms with van der Waals surface area (Å²) < 4.78 is 49.6. The lowest BCUT2D eigenvalue weighted by Gasteiger charge is -2.32. The van der Waals surface area contributed by atoms with Crippen molar-refractivity contribution in [3.05, 3.63) is 23.5 Å². The van der Waals surface area contributed by atoms with Crippen molar-refractivity contribution < 1.29 is 32.2 Å². The van der Waals surface area contributed by atoms with E-state index >= 15 is 0 Å². The van der Waals surface area contributed by atoms with Gasteiger partial charge in [0.05, 0.1) is 0 Å². The Morgan fingerprint density at radius 2 is 1.71 bits per heavy atom. The third-order valence-corrected chi connectivity index (χ3v) is 4.69. The highest BCUT2D eigenvalue weighted by atomic mass is 19.4. The van der Waals surface area contributed by atoms with Crippen molar-refractivity contribution >= 4 is 11.9 Å². The highest BCUT2D eigenvalue weighted by molar-refractivity contribution is 5.95. The van der Waals surface area contributed by atoms with Gasteiger partial charge in [0.15, 0.2) is 6.10 Å². The van der Waals surface area contributed by atoms with Gasteiger partial charge in [0.1, 0.15) is 23.1 Å². The Morgan fingerprint density at radius 3 is 2.16 bits per heavy atom. The quantitative estimate of drug-likeness (QED) is 0.640. The molecule has 31 heavy (non-hydrogen) atoms. The number of alkyl halides is 3. The molecule has 0 saturated heterocycles. The normalized spacial score (nSPS) is 17.0. The van der Waals surface area contributed by atoms with E-state index in [9.17, 15) is 22.8 Å². The summed E-state index contributed by atoms with van der Waals surface area (Å²) in [5.74, 6) is -1.25. The number of nitrogens with one attached hydrogen (secondary N) is 1. The van der Waals surface area contributed by atoms with Crippen molar-refractivity contribution in [3.8, 4) is 5.75 Å². The molecule has 1 aliphatic rings. The fourth-order valence-corrected chi connectivity index (χ4v) is 2.83. The number of carbonyl (C=O) groups is 2. The molecule has 1 unspecified atom stereocenters. The lowest BCUT2D eigenvalue weighted by Crippen LogP contribution is -2.51. The summed E-state index contributed by atoms with van der Waals surface area (Å²) in [6.45, 7) is 11.4. The van der Waals surface area contributed by atoms with Crippen LogP contribution < -0.4 is 10.1 Å². The molecule has 1 fully saturated rings. The summed E-state index contributed by atoms with van der Waals surface area (Å²) in [6.07, 6.45) is -3.54. The molecular formula is C22H31F3N2O4. The molecule has 9 heteroatoms. The topological polar surface area (TPSA) is 77.5 Å². The lowest BCUT2D eigenvalue weighted by molar-refractivity contribution is -0.189. The standard InChI is InChI=1S/C22H31F3N2O4/c1-12(22(23,24)25)30-16-10-15(26-11-14(16)13-8-9-13)18(28)27-17(20(2,3)4)19(29)31-21(5,6)7/h10-13,17H,8-9H2,1-7H3,(H,27,28)/t12-,17?/m0/s1. The maximum atomic E-state index is 13.0. The monoisotopic (exact) mass is 444 g/mol. The first-order valence-electron chi connectivity index (χ1n) is 10.3. The number of ether oxygens (including phenoxy) is 2. The van der Waals surface area contributed by atoms with Crippen LogP contribution in [-0.2, 0) is 9.53 Å². The fraction of sp³-hybridized carbons (Fsp3) is 0.682. The number of carbonyl (C=O) groups excluding carboxylic acids is 2. The van der Waals surface area contributed by atoms with Crippen LogP contribution in [0.15, 0.2) is 12.3 Å². The van der Waals surface area contributed by atoms with E-state index in [2.05, 4.69) is 10.3 Å². The van der Waals surface area contributed by atoms with Crippen LogP contribution in [0.3, 0.4) is 0 Å². The molecule has 6 nitrogen and oxygen atoms in total. The first-order chi connectivity index (χ1) is 14.0. The van der Waals surface area contributed by atoms with Gasteiger partial charge in [0, 0.05) is 17.8 Å². The molecule has 0 bridgehead atoms. The van der Waals surface area contributed by atoms with Crippen LogP contribution in [0.5, 0.6) is 5.75 Å². The highest BCUT2D eigenvalue weighted by Crippen LogP contribution is 2.44. The van der Waals surface area contributed by atoms with Gasteiger partial charge in [-0.3, -0.25) is 9.78 Å². The zero-order chi connectivity index (χ0) is 23.8. The number of rotatable bonds is 6. The smallest absolute Gasteiger partial charge is 0.425 e. The van der Waals surface area contributed by atoms with Crippen molar-refractivity contribution in [1.82, 2.24) is 10.3 Å². The van der Waals surface area contributed by atoms with Crippen molar-refractivity contribution in [3.63, 3.8) is 0 Å². The molecule has 1 amide bonds. The van der Waals surface area contributed by atoms with Gasteiger partial charge in [0.2, 0.25) is 0 Å². The van der Waals surface area contributed by atoms with Gasteiger partial charge in [-0.2, -0.15) is 13.2 Å².